The van der Waals surface area contributed by atoms with Gasteiger partial charge in [0, 0.05) is 12.6 Å². The standard InChI is InChI=1S/C13H23NOS/c1-3-8-15-10-13(14-4-2)6-5-12-7-9-16-11-12/h7,9,11,13-14H,3-6,8,10H2,1-2H3. The summed E-state index contributed by atoms with van der Waals surface area (Å²) in [5.41, 5.74) is 1.45. The Balaban J connectivity index is 2.21. The largest absolute Gasteiger partial charge is 0.380 e. The first-order valence-corrected chi connectivity index (χ1v) is 7.13. The van der Waals surface area contributed by atoms with Gasteiger partial charge >= 0.3 is 0 Å². The van der Waals surface area contributed by atoms with Crippen LogP contribution in [-0.4, -0.2) is 25.8 Å². The number of hydrogen-bond acceptors (Lipinski definition) is 3. The summed E-state index contributed by atoms with van der Waals surface area (Å²) in [6, 6.07) is 2.71. The topological polar surface area (TPSA) is 21.3 Å². The van der Waals surface area contributed by atoms with E-state index < -0.39 is 0 Å². The maximum Gasteiger partial charge on any atom is 0.0619 e. The quantitative estimate of drug-likeness (QED) is 0.671. The minimum atomic E-state index is 0.497. The molecule has 0 aliphatic carbocycles. The lowest BCUT2D eigenvalue weighted by Gasteiger charge is -2.17. The van der Waals surface area contributed by atoms with Crippen molar-refractivity contribution in [1.29, 1.82) is 0 Å². The van der Waals surface area contributed by atoms with Crippen molar-refractivity contribution >= 4 is 11.3 Å². The van der Waals surface area contributed by atoms with Gasteiger partial charge < -0.3 is 10.1 Å². The molecule has 0 aliphatic rings. The van der Waals surface area contributed by atoms with E-state index in [2.05, 4.69) is 36.0 Å². The number of hydrogen-bond donors (Lipinski definition) is 1. The van der Waals surface area contributed by atoms with Crippen LogP contribution in [0.2, 0.25) is 0 Å². The molecule has 0 aliphatic heterocycles. The lowest BCUT2D eigenvalue weighted by atomic mass is 10.1. The second-order valence-corrected chi connectivity index (χ2v) is 4.78. The summed E-state index contributed by atoms with van der Waals surface area (Å²) in [7, 11) is 0. The first kappa shape index (κ1) is 13.7. The Morgan fingerprint density at radius 3 is 2.94 bits per heavy atom. The van der Waals surface area contributed by atoms with Crippen molar-refractivity contribution in [3.63, 3.8) is 0 Å². The van der Waals surface area contributed by atoms with E-state index in [-0.39, 0.29) is 0 Å². The molecule has 92 valence electrons. The fraction of sp³-hybridized carbons (Fsp3) is 0.692. The first-order valence-electron chi connectivity index (χ1n) is 6.19. The minimum Gasteiger partial charge on any atom is -0.380 e. The zero-order valence-electron chi connectivity index (χ0n) is 10.4. The zero-order chi connectivity index (χ0) is 11.6. The molecule has 0 fully saturated rings. The van der Waals surface area contributed by atoms with Crippen molar-refractivity contribution in [1.82, 2.24) is 5.32 Å². The van der Waals surface area contributed by atoms with E-state index in [4.69, 9.17) is 4.74 Å². The number of aryl methyl sites for hydroxylation is 1. The van der Waals surface area contributed by atoms with Crippen LogP contribution in [0.3, 0.4) is 0 Å². The third-order valence-corrected chi connectivity index (χ3v) is 3.25. The Morgan fingerprint density at radius 2 is 2.31 bits per heavy atom. The van der Waals surface area contributed by atoms with Crippen molar-refractivity contribution in [2.75, 3.05) is 19.8 Å². The van der Waals surface area contributed by atoms with Gasteiger partial charge in [0.2, 0.25) is 0 Å². The van der Waals surface area contributed by atoms with Gasteiger partial charge in [-0.05, 0) is 48.2 Å². The number of ether oxygens (including phenoxy) is 1. The van der Waals surface area contributed by atoms with Crippen molar-refractivity contribution < 1.29 is 4.74 Å². The van der Waals surface area contributed by atoms with Crippen LogP contribution in [-0.2, 0) is 11.2 Å². The Hall–Kier alpha value is -0.380. The minimum absolute atomic E-state index is 0.497. The monoisotopic (exact) mass is 241 g/mol. The van der Waals surface area contributed by atoms with Crippen LogP contribution in [0, 0.1) is 0 Å². The van der Waals surface area contributed by atoms with Crippen LogP contribution in [0.5, 0.6) is 0 Å². The van der Waals surface area contributed by atoms with E-state index >= 15 is 0 Å². The van der Waals surface area contributed by atoms with Gasteiger partial charge in [0.15, 0.2) is 0 Å². The van der Waals surface area contributed by atoms with Crippen LogP contribution in [0.1, 0.15) is 32.3 Å². The summed E-state index contributed by atoms with van der Waals surface area (Å²) >= 11 is 1.77. The highest BCUT2D eigenvalue weighted by Gasteiger charge is 2.07. The molecule has 0 amide bonds. The van der Waals surface area contributed by atoms with Crippen LogP contribution in [0.25, 0.3) is 0 Å². The number of rotatable bonds is 9. The van der Waals surface area contributed by atoms with Crippen molar-refractivity contribution in [3.8, 4) is 0 Å². The third kappa shape index (κ3) is 5.64. The number of thiophene rings is 1. The molecule has 0 saturated heterocycles. The van der Waals surface area contributed by atoms with Crippen LogP contribution in [0.15, 0.2) is 16.8 Å². The molecular formula is C13H23NOS. The Labute approximate surface area is 103 Å². The highest BCUT2D eigenvalue weighted by atomic mass is 32.1. The number of likely N-dealkylation sites (N-methyl/N-ethyl adjacent to an activating group) is 1. The summed E-state index contributed by atoms with van der Waals surface area (Å²) in [6.07, 6.45) is 3.41. The Morgan fingerprint density at radius 1 is 1.44 bits per heavy atom. The van der Waals surface area contributed by atoms with E-state index in [0.717, 1.165) is 39.0 Å². The summed E-state index contributed by atoms with van der Waals surface area (Å²) in [5, 5.41) is 7.86. The summed E-state index contributed by atoms with van der Waals surface area (Å²) in [4.78, 5) is 0. The van der Waals surface area contributed by atoms with Gasteiger partial charge in [-0.15, -0.1) is 0 Å². The smallest absolute Gasteiger partial charge is 0.0619 e. The van der Waals surface area contributed by atoms with E-state index in [9.17, 15) is 0 Å². The van der Waals surface area contributed by atoms with Crippen molar-refractivity contribution in [2.24, 2.45) is 0 Å². The first-order chi connectivity index (χ1) is 7.86. The second kappa shape index (κ2) is 8.74. The molecule has 1 heterocycles. The molecule has 1 rings (SSSR count). The van der Waals surface area contributed by atoms with E-state index in [1.54, 1.807) is 11.3 Å². The molecule has 0 aromatic carbocycles. The number of nitrogens with one attached hydrogen (secondary N) is 1. The van der Waals surface area contributed by atoms with E-state index in [1.807, 2.05) is 0 Å². The second-order valence-electron chi connectivity index (χ2n) is 4.00. The molecule has 1 atom stereocenters. The third-order valence-electron chi connectivity index (χ3n) is 2.52. The molecule has 0 bridgehead atoms. The molecule has 0 spiro atoms. The molecule has 0 saturated carbocycles. The average Bonchev–Trinajstić information content (AvgIpc) is 2.79. The highest BCUT2D eigenvalue weighted by Crippen LogP contribution is 2.10. The van der Waals surface area contributed by atoms with Crippen LogP contribution < -0.4 is 5.32 Å². The van der Waals surface area contributed by atoms with Crippen molar-refractivity contribution in [3.05, 3.63) is 22.4 Å². The SMILES string of the molecule is CCCOCC(CCc1ccsc1)NCC. The fourth-order valence-corrected chi connectivity index (χ4v) is 2.38. The van der Waals surface area contributed by atoms with Gasteiger partial charge in [-0.1, -0.05) is 13.8 Å². The van der Waals surface area contributed by atoms with Gasteiger partial charge in [-0.25, -0.2) is 0 Å². The van der Waals surface area contributed by atoms with Crippen LogP contribution in [0.4, 0.5) is 0 Å². The molecule has 1 N–H and O–H groups in total. The van der Waals surface area contributed by atoms with E-state index in [0.29, 0.717) is 6.04 Å². The fourth-order valence-electron chi connectivity index (χ4n) is 1.68. The normalized spacial score (nSPS) is 12.9. The molecule has 16 heavy (non-hydrogen) atoms. The molecular weight excluding hydrogens is 218 g/mol. The van der Waals surface area contributed by atoms with Crippen molar-refractivity contribution in [2.45, 2.75) is 39.2 Å². The lowest BCUT2D eigenvalue weighted by Crippen LogP contribution is -2.33. The Kier molecular flexibility index (Phi) is 7.47. The highest BCUT2D eigenvalue weighted by molar-refractivity contribution is 7.07. The molecule has 1 aromatic rings. The molecule has 2 nitrogen and oxygen atoms in total. The molecule has 0 radical (unpaired) electrons. The summed E-state index contributed by atoms with van der Waals surface area (Å²) < 4.78 is 5.61. The molecule has 1 aromatic heterocycles. The van der Waals surface area contributed by atoms with Crippen LogP contribution >= 0.6 is 11.3 Å². The van der Waals surface area contributed by atoms with Gasteiger partial charge in [0.05, 0.1) is 6.61 Å². The predicted octanol–water partition coefficient (Wildman–Crippen LogP) is 3.09. The Bertz CT molecular complexity index is 248. The van der Waals surface area contributed by atoms with Gasteiger partial charge in [-0.2, -0.15) is 11.3 Å². The average molecular weight is 241 g/mol. The van der Waals surface area contributed by atoms with E-state index in [1.165, 1.54) is 5.56 Å². The zero-order valence-corrected chi connectivity index (χ0v) is 11.2. The van der Waals surface area contributed by atoms with Gasteiger partial charge in [0.1, 0.15) is 0 Å². The lowest BCUT2D eigenvalue weighted by molar-refractivity contribution is 0.110. The predicted molar refractivity (Wildman–Crippen MR) is 71.2 cm³/mol. The maximum atomic E-state index is 5.61. The van der Waals surface area contributed by atoms with Gasteiger partial charge in [-0.3, -0.25) is 0 Å². The molecule has 1 unspecified atom stereocenters. The summed E-state index contributed by atoms with van der Waals surface area (Å²) in [5.74, 6) is 0. The maximum absolute atomic E-state index is 5.61. The molecule has 3 heteroatoms. The summed E-state index contributed by atoms with van der Waals surface area (Å²) in [6.45, 7) is 7.03. The van der Waals surface area contributed by atoms with Gasteiger partial charge in [0.25, 0.3) is 0 Å².